The number of thioether (sulfide) groups is 1. The Bertz CT molecular complexity index is 836. The second-order valence-corrected chi connectivity index (χ2v) is 8.25. The number of guanidine groups is 1. The molecule has 1 aromatic carbocycles. The maximum Gasteiger partial charge on any atom is 0.191 e. The van der Waals surface area contributed by atoms with Gasteiger partial charge in [0.25, 0.3) is 0 Å². The van der Waals surface area contributed by atoms with E-state index in [1.807, 2.05) is 17.8 Å². The summed E-state index contributed by atoms with van der Waals surface area (Å²) in [6.07, 6.45) is 2.67. The molecule has 0 aliphatic carbocycles. The molecule has 0 saturated carbocycles. The summed E-state index contributed by atoms with van der Waals surface area (Å²) in [5.74, 6) is 2.83. The number of aliphatic imine (C=N–C) groups is 1. The van der Waals surface area contributed by atoms with Crippen LogP contribution in [0.3, 0.4) is 0 Å². The van der Waals surface area contributed by atoms with Crippen LogP contribution < -0.4 is 10.6 Å². The first kappa shape index (κ1) is 23.7. The van der Waals surface area contributed by atoms with Crippen molar-refractivity contribution in [3.63, 3.8) is 0 Å². The van der Waals surface area contributed by atoms with E-state index in [1.54, 1.807) is 17.7 Å². The smallest absolute Gasteiger partial charge is 0.191 e. The average Bonchev–Trinajstić information content (AvgIpc) is 3.41. The summed E-state index contributed by atoms with van der Waals surface area (Å²) >= 11 is 3.57. The van der Waals surface area contributed by atoms with Crippen molar-refractivity contribution in [3.05, 3.63) is 64.9 Å². The van der Waals surface area contributed by atoms with Gasteiger partial charge in [-0.15, -0.1) is 57.3 Å². The highest BCUT2D eigenvalue weighted by molar-refractivity contribution is 14.0. The minimum Gasteiger partial charge on any atom is -0.356 e. The van der Waals surface area contributed by atoms with Crippen molar-refractivity contribution in [2.75, 3.05) is 18.8 Å². The summed E-state index contributed by atoms with van der Waals surface area (Å²) in [6.45, 7) is 5.21. The fourth-order valence-corrected chi connectivity index (χ4v) is 4.04. The lowest BCUT2D eigenvalue weighted by Crippen LogP contribution is -2.40. The first-order chi connectivity index (χ1) is 13.8. The minimum atomic E-state index is 0. The number of aromatic nitrogens is 3. The van der Waals surface area contributed by atoms with Gasteiger partial charge in [0.05, 0.1) is 6.54 Å². The molecular formula is C20H27IN6S2. The Morgan fingerprint density at radius 2 is 1.97 bits per heavy atom. The molecule has 3 aromatic rings. The van der Waals surface area contributed by atoms with E-state index in [0.29, 0.717) is 6.54 Å². The molecule has 2 heterocycles. The Morgan fingerprint density at radius 1 is 1.14 bits per heavy atom. The Labute approximate surface area is 197 Å². The lowest BCUT2D eigenvalue weighted by Gasteiger charge is -2.13. The zero-order valence-electron chi connectivity index (χ0n) is 16.5. The van der Waals surface area contributed by atoms with Crippen LogP contribution in [-0.4, -0.2) is 39.6 Å². The van der Waals surface area contributed by atoms with Crippen molar-refractivity contribution in [1.82, 2.24) is 25.4 Å². The van der Waals surface area contributed by atoms with Crippen molar-refractivity contribution in [2.45, 2.75) is 31.3 Å². The summed E-state index contributed by atoms with van der Waals surface area (Å²) in [4.78, 5) is 7.27. The van der Waals surface area contributed by atoms with Crippen LogP contribution >= 0.6 is 47.1 Å². The summed E-state index contributed by atoms with van der Waals surface area (Å²) in [7, 11) is 0. The van der Waals surface area contributed by atoms with E-state index in [9.17, 15) is 0 Å². The highest BCUT2D eigenvalue weighted by Gasteiger charge is 2.03. The van der Waals surface area contributed by atoms with E-state index in [2.05, 4.69) is 74.1 Å². The van der Waals surface area contributed by atoms with Crippen LogP contribution in [0, 0.1) is 0 Å². The van der Waals surface area contributed by atoms with Gasteiger partial charge in [0.15, 0.2) is 5.96 Å². The molecule has 0 aliphatic heterocycles. The number of hydrogen-bond acceptors (Lipinski definition) is 5. The molecule has 0 radical (unpaired) electrons. The quantitative estimate of drug-likeness (QED) is 0.133. The molecule has 0 spiro atoms. The molecule has 2 aromatic heterocycles. The normalized spacial score (nSPS) is 11.1. The van der Waals surface area contributed by atoms with Crippen molar-refractivity contribution in [2.24, 2.45) is 4.99 Å². The molecule has 0 saturated heterocycles. The Morgan fingerprint density at radius 3 is 2.72 bits per heavy atom. The van der Waals surface area contributed by atoms with Gasteiger partial charge in [-0.25, -0.2) is 4.99 Å². The molecule has 2 N–H and O–H groups in total. The van der Waals surface area contributed by atoms with E-state index >= 15 is 0 Å². The molecule has 3 rings (SSSR count). The fraction of sp³-hybridized carbons (Fsp3) is 0.350. The van der Waals surface area contributed by atoms with E-state index < -0.39 is 0 Å². The highest BCUT2D eigenvalue weighted by atomic mass is 127. The lowest BCUT2D eigenvalue weighted by molar-refractivity contribution is 0.633. The van der Waals surface area contributed by atoms with Crippen molar-refractivity contribution >= 4 is 53.0 Å². The van der Waals surface area contributed by atoms with Crippen LogP contribution in [0.15, 0.2) is 64.1 Å². The molecule has 0 atom stereocenters. The van der Waals surface area contributed by atoms with Crippen molar-refractivity contribution in [1.29, 1.82) is 0 Å². The molecule has 156 valence electrons. The monoisotopic (exact) mass is 542 g/mol. The number of halogens is 1. The number of nitrogens with one attached hydrogen (secondary N) is 2. The second kappa shape index (κ2) is 13.6. The molecule has 0 unspecified atom stereocenters. The van der Waals surface area contributed by atoms with Gasteiger partial charge in [-0.3, -0.25) is 0 Å². The average molecular weight is 543 g/mol. The minimum absolute atomic E-state index is 0. The van der Waals surface area contributed by atoms with Gasteiger partial charge in [-0.05, 0) is 23.6 Å². The molecule has 6 nitrogen and oxygen atoms in total. The van der Waals surface area contributed by atoms with Gasteiger partial charge < -0.3 is 15.2 Å². The SMILES string of the molecule is CCc1nncn1CCNC(=NCc1cccs1)NCCSc1ccccc1.I. The fourth-order valence-electron chi connectivity index (χ4n) is 2.62. The summed E-state index contributed by atoms with van der Waals surface area (Å²) in [6, 6.07) is 14.6. The third kappa shape index (κ3) is 8.35. The van der Waals surface area contributed by atoms with Crippen LogP contribution in [0.1, 0.15) is 17.6 Å². The zero-order valence-corrected chi connectivity index (χ0v) is 20.4. The Balaban J connectivity index is 0.00000300. The van der Waals surface area contributed by atoms with Crippen LogP contribution in [0.2, 0.25) is 0 Å². The number of aryl methyl sites for hydroxylation is 1. The predicted molar refractivity (Wildman–Crippen MR) is 133 cm³/mol. The van der Waals surface area contributed by atoms with Crippen LogP contribution in [0.25, 0.3) is 0 Å². The van der Waals surface area contributed by atoms with Gasteiger partial charge in [0.1, 0.15) is 12.2 Å². The third-order valence-corrected chi connectivity index (χ3v) is 5.91. The summed E-state index contributed by atoms with van der Waals surface area (Å²) in [5, 5.41) is 17.1. The molecule has 0 bridgehead atoms. The molecule has 0 aliphatic rings. The predicted octanol–water partition coefficient (Wildman–Crippen LogP) is 4.05. The van der Waals surface area contributed by atoms with Crippen molar-refractivity contribution < 1.29 is 0 Å². The van der Waals surface area contributed by atoms with Crippen LogP contribution in [0.5, 0.6) is 0 Å². The molecule has 29 heavy (non-hydrogen) atoms. The summed E-state index contributed by atoms with van der Waals surface area (Å²) < 4.78 is 2.08. The Hall–Kier alpha value is -1.59. The Kier molecular flexibility index (Phi) is 11.1. The van der Waals surface area contributed by atoms with E-state index in [-0.39, 0.29) is 24.0 Å². The number of benzene rings is 1. The number of nitrogens with zero attached hydrogens (tertiary/aromatic N) is 4. The zero-order chi connectivity index (χ0) is 19.4. The number of rotatable bonds is 10. The van der Waals surface area contributed by atoms with Crippen LogP contribution in [0.4, 0.5) is 0 Å². The molecule has 0 fully saturated rings. The van der Waals surface area contributed by atoms with Gasteiger partial charge in [0.2, 0.25) is 0 Å². The second-order valence-electron chi connectivity index (χ2n) is 6.05. The first-order valence-electron chi connectivity index (χ1n) is 9.44. The van der Waals surface area contributed by atoms with Gasteiger partial charge in [-0.2, -0.15) is 0 Å². The maximum atomic E-state index is 4.73. The molecule has 9 heteroatoms. The van der Waals surface area contributed by atoms with E-state index in [1.165, 1.54) is 9.77 Å². The third-order valence-electron chi connectivity index (χ3n) is 4.04. The van der Waals surface area contributed by atoms with E-state index in [4.69, 9.17) is 4.99 Å². The summed E-state index contributed by atoms with van der Waals surface area (Å²) in [5.41, 5.74) is 0. The molecular weight excluding hydrogens is 515 g/mol. The molecule has 0 amide bonds. The van der Waals surface area contributed by atoms with Gasteiger partial charge >= 0.3 is 0 Å². The van der Waals surface area contributed by atoms with Gasteiger partial charge in [0, 0.05) is 41.6 Å². The standard InChI is InChI=1S/C20H26N6S2.HI/c1-2-19-25-24-16-26(19)12-10-21-20(23-15-18-9-6-13-27-18)22-11-14-28-17-7-4-3-5-8-17;/h3-9,13,16H,2,10-12,14-15H2,1H3,(H2,21,22,23);1H. The van der Waals surface area contributed by atoms with Crippen LogP contribution in [-0.2, 0) is 19.5 Å². The first-order valence-corrected chi connectivity index (χ1v) is 11.3. The van der Waals surface area contributed by atoms with Gasteiger partial charge in [-0.1, -0.05) is 31.2 Å². The van der Waals surface area contributed by atoms with Crippen molar-refractivity contribution in [3.8, 4) is 0 Å². The number of hydrogen-bond donors (Lipinski definition) is 2. The lowest BCUT2D eigenvalue weighted by atomic mass is 10.4. The number of thiophene rings is 1. The van der Waals surface area contributed by atoms with E-state index in [0.717, 1.165) is 43.6 Å². The highest BCUT2D eigenvalue weighted by Crippen LogP contribution is 2.15. The topological polar surface area (TPSA) is 67.1 Å². The maximum absolute atomic E-state index is 4.73. The largest absolute Gasteiger partial charge is 0.356 e.